The molecule has 0 bridgehead atoms. The van der Waals surface area contributed by atoms with Crippen LogP contribution in [0, 0.1) is 17.8 Å². The maximum Gasteiger partial charge on any atom is 0.125 e. The summed E-state index contributed by atoms with van der Waals surface area (Å²) < 4.78 is 11.6. The summed E-state index contributed by atoms with van der Waals surface area (Å²) in [6.07, 6.45) is 12.6. The number of methoxy groups -OCH3 is 1. The normalized spacial score (nSPS) is 17.3. The number of hydrogen-bond acceptors (Lipinski definition) is 4. The molecule has 4 heteroatoms. The van der Waals surface area contributed by atoms with Crippen LogP contribution >= 0.6 is 0 Å². The third-order valence-corrected chi connectivity index (χ3v) is 6.97. The zero-order valence-electron chi connectivity index (χ0n) is 20.5. The predicted molar refractivity (Wildman–Crippen MR) is 130 cm³/mol. The third kappa shape index (κ3) is 9.41. The highest BCUT2D eigenvalue weighted by Crippen LogP contribution is 2.35. The smallest absolute Gasteiger partial charge is 0.125 e. The number of aryl methyl sites for hydroxylation is 1. The Bertz CT molecular complexity index is 629. The number of hydrogen-bond donors (Lipinski definition) is 2. The minimum Gasteiger partial charge on any atom is -0.496 e. The van der Waals surface area contributed by atoms with Gasteiger partial charge in [0.1, 0.15) is 11.5 Å². The number of aliphatic hydroxyl groups is 1. The van der Waals surface area contributed by atoms with E-state index in [-0.39, 0.29) is 6.61 Å². The number of ether oxygens (including phenoxy) is 2. The molecule has 31 heavy (non-hydrogen) atoms. The fourth-order valence-corrected chi connectivity index (χ4v) is 4.56. The number of nitrogens with two attached hydrogens (primary N) is 1. The van der Waals surface area contributed by atoms with E-state index in [1.807, 2.05) is 12.1 Å². The molecule has 1 aromatic carbocycles. The molecule has 1 fully saturated rings. The molecule has 0 aromatic heterocycles. The maximum atomic E-state index is 9.86. The van der Waals surface area contributed by atoms with E-state index >= 15 is 0 Å². The van der Waals surface area contributed by atoms with E-state index in [9.17, 15) is 5.11 Å². The van der Waals surface area contributed by atoms with Crippen molar-refractivity contribution in [2.45, 2.75) is 96.9 Å². The van der Waals surface area contributed by atoms with Gasteiger partial charge in [0.05, 0.1) is 20.3 Å². The summed E-state index contributed by atoms with van der Waals surface area (Å²) in [4.78, 5) is 0. The molecular formula is C27H47NO3. The molecule has 0 saturated heterocycles. The van der Waals surface area contributed by atoms with Crippen molar-refractivity contribution >= 4 is 0 Å². The van der Waals surface area contributed by atoms with E-state index < -0.39 is 5.54 Å². The van der Waals surface area contributed by atoms with Gasteiger partial charge in [0, 0.05) is 11.6 Å². The highest BCUT2D eigenvalue weighted by molar-refractivity contribution is 5.41. The number of rotatable bonds is 16. The Labute approximate surface area is 190 Å². The average molecular weight is 434 g/mol. The van der Waals surface area contributed by atoms with Gasteiger partial charge in [-0.05, 0) is 61.5 Å². The lowest BCUT2D eigenvalue weighted by Gasteiger charge is -2.36. The Morgan fingerprint density at radius 2 is 1.87 bits per heavy atom. The highest BCUT2D eigenvalue weighted by Gasteiger charge is 2.31. The zero-order valence-corrected chi connectivity index (χ0v) is 20.5. The molecule has 0 spiro atoms. The van der Waals surface area contributed by atoms with Crippen LogP contribution in [0.25, 0.3) is 0 Å². The Balaban J connectivity index is 1.76. The Hall–Kier alpha value is -1.26. The quantitative estimate of drug-likeness (QED) is 0.308. The Morgan fingerprint density at radius 1 is 1.13 bits per heavy atom. The van der Waals surface area contributed by atoms with Gasteiger partial charge >= 0.3 is 0 Å². The van der Waals surface area contributed by atoms with Gasteiger partial charge in [-0.1, -0.05) is 65.4 Å². The van der Waals surface area contributed by atoms with Gasteiger partial charge in [-0.15, -0.1) is 0 Å². The van der Waals surface area contributed by atoms with Crippen LogP contribution in [0.5, 0.6) is 11.5 Å². The molecule has 4 nitrogen and oxygen atoms in total. The molecule has 1 aromatic rings. The summed E-state index contributed by atoms with van der Waals surface area (Å²) in [5.41, 5.74) is 7.15. The van der Waals surface area contributed by atoms with Crippen LogP contribution in [-0.2, 0) is 6.42 Å². The van der Waals surface area contributed by atoms with Gasteiger partial charge in [-0.2, -0.15) is 0 Å². The van der Waals surface area contributed by atoms with Crippen molar-refractivity contribution in [2.24, 2.45) is 23.5 Å². The minimum absolute atomic E-state index is 0.0445. The van der Waals surface area contributed by atoms with E-state index in [0.29, 0.717) is 5.92 Å². The highest BCUT2D eigenvalue weighted by atomic mass is 16.5. The standard InChI is InChI=1S/C27H47NO3/c1-21(2)8-5-9-22(3)10-7-17-31-25-14-13-24(26(18-25)30-4)15-16-27(28,20-29)19-23-11-6-12-23/h13-14,18,21-23,29H,5-12,15-17,19-20,28H2,1-4H3/t22?,27-/m0/s1. The molecule has 1 saturated carbocycles. The first-order valence-electron chi connectivity index (χ1n) is 12.5. The van der Waals surface area contributed by atoms with Crippen LogP contribution in [-0.4, -0.2) is 31.0 Å². The Kier molecular flexibility index (Phi) is 11.2. The van der Waals surface area contributed by atoms with Gasteiger partial charge in [0.2, 0.25) is 0 Å². The topological polar surface area (TPSA) is 64.7 Å². The molecule has 0 amide bonds. The SMILES string of the molecule is COc1cc(OCCCC(C)CCCC(C)C)ccc1CC[C@@](N)(CO)CC1CCC1. The second-order valence-corrected chi connectivity index (χ2v) is 10.4. The molecule has 0 aliphatic heterocycles. The van der Waals surface area contributed by atoms with E-state index in [0.717, 1.165) is 61.2 Å². The van der Waals surface area contributed by atoms with Crippen molar-refractivity contribution < 1.29 is 14.6 Å². The predicted octanol–water partition coefficient (Wildman–Crippen LogP) is 6.13. The molecule has 1 aliphatic carbocycles. The average Bonchev–Trinajstić information content (AvgIpc) is 2.72. The van der Waals surface area contributed by atoms with Crippen molar-refractivity contribution in [1.82, 2.24) is 0 Å². The first-order valence-corrected chi connectivity index (χ1v) is 12.5. The third-order valence-electron chi connectivity index (χ3n) is 6.97. The molecule has 3 N–H and O–H groups in total. The fraction of sp³-hybridized carbons (Fsp3) is 0.778. The second kappa shape index (κ2) is 13.3. The van der Waals surface area contributed by atoms with Crippen molar-refractivity contribution in [1.29, 1.82) is 0 Å². The summed E-state index contributed by atoms with van der Waals surface area (Å²) in [5.74, 6) is 3.98. The molecule has 0 radical (unpaired) electrons. The van der Waals surface area contributed by atoms with Crippen LogP contribution in [0.3, 0.4) is 0 Å². The maximum absolute atomic E-state index is 9.86. The van der Waals surface area contributed by atoms with Gasteiger partial charge < -0.3 is 20.3 Å². The van der Waals surface area contributed by atoms with Crippen LogP contribution in [0.15, 0.2) is 18.2 Å². The first kappa shape index (κ1) is 26.0. The Morgan fingerprint density at radius 3 is 2.48 bits per heavy atom. The van der Waals surface area contributed by atoms with Crippen molar-refractivity contribution in [2.75, 3.05) is 20.3 Å². The van der Waals surface area contributed by atoms with Crippen LogP contribution < -0.4 is 15.2 Å². The molecule has 0 heterocycles. The van der Waals surface area contributed by atoms with Gasteiger partial charge in [-0.3, -0.25) is 0 Å². The summed E-state index contributed by atoms with van der Waals surface area (Å²) in [6.45, 7) is 7.74. The van der Waals surface area contributed by atoms with Gasteiger partial charge in [-0.25, -0.2) is 0 Å². The molecular weight excluding hydrogens is 386 g/mol. The molecule has 178 valence electrons. The van der Waals surface area contributed by atoms with Crippen LogP contribution in [0.1, 0.15) is 90.5 Å². The van der Waals surface area contributed by atoms with Crippen LogP contribution in [0.2, 0.25) is 0 Å². The summed E-state index contributed by atoms with van der Waals surface area (Å²) in [5, 5.41) is 9.86. The monoisotopic (exact) mass is 433 g/mol. The molecule has 1 unspecified atom stereocenters. The second-order valence-electron chi connectivity index (χ2n) is 10.4. The molecule has 1 aliphatic rings. The first-order chi connectivity index (χ1) is 14.8. The lowest BCUT2D eigenvalue weighted by Crippen LogP contribution is -2.46. The zero-order chi connectivity index (χ0) is 22.7. The fourth-order valence-electron chi connectivity index (χ4n) is 4.56. The van der Waals surface area contributed by atoms with Crippen LogP contribution in [0.4, 0.5) is 0 Å². The largest absolute Gasteiger partial charge is 0.496 e. The van der Waals surface area contributed by atoms with Crippen molar-refractivity contribution in [3.05, 3.63) is 23.8 Å². The minimum atomic E-state index is -0.489. The van der Waals surface area contributed by atoms with E-state index in [1.54, 1.807) is 7.11 Å². The van der Waals surface area contributed by atoms with Gasteiger partial charge in [0.25, 0.3) is 0 Å². The lowest BCUT2D eigenvalue weighted by atomic mass is 9.75. The lowest BCUT2D eigenvalue weighted by molar-refractivity contribution is 0.135. The summed E-state index contributed by atoms with van der Waals surface area (Å²) in [6, 6.07) is 6.11. The van der Waals surface area contributed by atoms with Gasteiger partial charge in [0.15, 0.2) is 0 Å². The van der Waals surface area contributed by atoms with Crippen molar-refractivity contribution in [3.63, 3.8) is 0 Å². The van der Waals surface area contributed by atoms with E-state index in [1.165, 1.54) is 44.9 Å². The molecule has 2 rings (SSSR count). The van der Waals surface area contributed by atoms with E-state index in [4.69, 9.17) is 15.2 Å². The summed E-state index contributed by atoms with van der Waals surface area (Å²) >= 11 is 0. The van der Waals surface area contributed by atoms with Crippen molar-refractivity contribution in [3.8, 4) is 11.5 Å². The number of benzene rings is 1. The van der Waals surface area contributed by atoms with E-state index in [2.05, 4.69) is 26.8 Å². The number of aliphatic hydroxyl groups excluding tert-OH is 1. The molecule has 2 atom stereocenters. The summed E-state index contributed by atoms with van der Waals surface area (Å²) in [7, 11) is 1.71.